The fourth-order valence-electron chi connectivity index (χ4n) is 2.74. The first-order valence-corrected chi connectivity index (χ1v) is 9.91. The van der Waals surface area contributed by atoms with Crippen LogP contribution < -0.4 is 5.73 Å². The Labute approximate surface area is 167 Å². The van der Waals surface area contributed by atoms with E-state index >= 15 is 0 Å². The topological polar surface area (TPSA) is 73.8 Å². The van der Waals surface area contributed by atoms with Crippen molar-refractivity contribution in [1.29, 1.82) is 0 Å². The Morgan fingerprint density at radius 3 is 2.37 bits per heavy atom. The van der Waals surface area contributed by atoms with E-state index in [4.69, 9.17) is 17.3 Å². The molecule has 0 spiro atoms. The molecule has 140 valence electrons. The number of hydrogen-bond donors (Lipinski definition) is 1. The second-order valence-electron chi connectivity index (χ2n) is 6.52. The second-order valence-corrected chi connectivity index (χ2v) is 8.27. The SMILES string of the molecule is CC(Sc1nnc(-c2ccc(Cl)cc2)n1-c1ccccc1C(C)C)C(N)=O. The van der Waals surface area contributed by atoms with Crippen LogP contribution in [0.15, 0.2) is 53.7 Å². The van der Waals surface area contributed by atoms with E-state index in [1.165, 1.54) is 17.3 Å². The van der Waals surface area contributed by atoms with Crippen LogP contribution in [0.2, 0.25) is 5.02 Å². The zero-order valence-corrected chi connectivity index (χ0v) is 17.0. The summed E-state index contributed by atoms with van der Waals surface area (Å²) < 4.78 is 1.99. The van der Waals surface area contributed by atoms with Crippen molar-refractivity contribution in [1.82, 2.24) is 14.8 Å². The quantitative estimate of drug-likeness (QED) is 0.610. The maximum absolute atomic E-state index is 11.6. The van der Waals surface area contributed by atoms with Gasteiger partial charge in [-0.05, 0) is 48.7 Å². The van der Waals surface area contributed by atoms with Crippen LogP contribution in [0.4, 0.5) is 0 Å². The first kappa shape index (κ1) is 19.5. The minimum atomic E-state index is -0.419. The molecule has 0 saturated carbocycles. The lowest BCUT2D eigenvalue weighted by molar-refractivity contribution is -0.117. The molecule has 1 amide bonds. The lowest BCUT2D eigenvalue weighted by atomic mass is 10.0. The number of thioether (sulfide) groups is 1. The fraction of sp³-hybridized carbons (Fsp3) is 0.250. The summed E-state index contributed by atoms with van der Waals surface area (Å²) in [5.41, 5.74) is 8.50. The smallest absolute Gasteiger partial charge is 0.230 e. The van der Waals surface area contributed by atoms with Crippen LogP contribution in [-0.2, 0) is 4.79 Å². The molecule has 0 aliphatic heterocycles. The molecule has 0 bridgehead atoms. The van der Waals surface area contributed by atoms with Crippen LogP contribution in [0.5, 0.6) is 0 Å². The molecule has 7 heteroatoms. The highest BCUT2D eigenvalue weighted by Gasteiger charge is 2.22. The van der Waals surface area contributed by atoms with Gasteiger partial charge in [0, 0.05) is 10.6 Å². The van der Waals surface area contributed by atoms with Gasteiger partial charge in [0.15, 0.2) is 11.0 Å². The molecule has 2 aromatic carbocycles. The molecule has 0 aliphatic carbocycles. The molecule has 1 atom stereocenters. The highest BCUT2D eigenvalue weighted by Crippen LogP contribution is 2.33. The predicted octanol–water partition coefficient (Wildman–Crippen LogP) is 4.68. The van der Waals surface area contributed by atoms with Crippen LogP contribution in [-0.4, -0.2) is 25.9 Å². The van der Waals surface area contributed by atoms with Crippen LogP contribution in [0.1, 0.15) is 32.3 Å². The Morgan fingerprint density at radius 1 is 1.07 bits per heavy atom. The summed E-state index contributed by atoms with van der Waals surface area (Å²) >= 11 is 7.33. The van der Waals surface area contributed by atoms with Crippen molar-refractivity contribution in [3.8, 4) is 17.1 Å². The average molecular weight is 401 g/mol. The number of primary amides is 1. The van der Waals surface area contributed by atoms with Crippen LogP contribution >= 0.6 is 23.4 Å². The molecule has 2 N–H and O–H groups in total. The van der Waals surface area contributed by atoms with Gasteiger partial charge in [-0.3, -0.25) is 9.36 Å². The number of halogens is 1. The summed E-state index contributed by atoms with van der Waals surface area (Å²) in [4.78, 5) is 11.6. The van der Waals surface area contributed by atoms with Gasteiger partial charge in [0.25, 0.3) is 0 Å². The Morgan fingerprint density at radius 2 is 1.74 bits per heavy atom. The number of benzene rings is 2. The second kappa shape index (κ2) is 8.15. The molecule has 5 nitrogen and oxygen atoms in total. The molecule has 0 aliphatic rings. The third-order valence-corrected chi connectivity index (χ3v) is 5.53. The van der Waals surface area contributed by atoms with Crippen LogP contribution in [0.25, 0.3) is 17.1 Å². The predicted molar refractivity (Wildman–Crippen MR) is 110 cm³/mol. The highest BCUT2D eigenvalue weighted by molar-refractivity contribution is 8.00. The maximum Gasteiger partial charge on any atom is 0.230 e. The summed E-state index contributed by atoms with van der Waals surface area (Å²) in [5, 5.41) is 9.61. The van der Waals surface area contributed by atoms with Gasteiger partial charge in [-0.25, -0.2) is 0 Å². The van der Waals surface area contributed by atoms with E-state index in [0.29, 0.717) is 21.9 Å². The van der Waals surface area contributed by atoms with E-state index in [1.54, 1.807) is 6.92 Å². The zero-order chi connectivity index (χ0) is 19.6. The van der Waals surface area contributed by atoms with Gasteiger partial charge in [0.1, 0.15) is 0 Å². The van der Waals surface area contributed by atoms with E-state index < -0.39 is 5.25 Å². The van der Waals surface area contributed by atoms with Crippen molar-refractivity contribution >= 4 is 29.3 Å². The molecule has 0 saturated heterocycles. The van der Waals surface area contributed by atoms with Crippen molar-refractivity contribution in [2.24, 2.45) is 5.73 Å². The number of rotatable bonds is 6. The Kier molecular flexibility index (Phi) is 5.87. The van der Waals surface area contributed by atoms with Gasteiger partial charge >= 0.3 is 0 Å². The van der Waals surface area contributed by atoms with Crippen molar-refractivity contribution in [3.05, 3.63) is 59.1 Å². The Balaban J connectivity index is 2.20. The summed E-state index contributed by atoms with van der Waals surface area (Å²) in [7, 11) is 0. The lowest BCUT2D eigenvalue weighted by Gasteiger charge is -2.17. The van der Waals surface area contributed by atoms with E-state index in [2.05, 4.69) is 30.1 Å². The molecule has 1 heterocycles. The average Bonchev–Trinajstić information content (AvgIpc) is 3.05. The molecular formula is C20H21ClN4OS. The van der Waals surface area contributed by atoms with Gasteiger partial charge in [0.05, 0.1) is 10.9 Å². The third kappa shape index (κ3) is 4.17. The standard InChI is InChI=1S/C20H21ClN4OS/c1-12(2)16-6-4-5-7-17(16)25-19(14-8-10-15(21)11-9-14)23-24-20(25)27-13(3)18(22)26/h4-13H,1-3H3,(H2,22,26). The van der Waals surface area contributed by atoms with E-state index in [-0.39, 0.29) is 5.91 Å². The Hall–Kier alpha value is -2.31. The van der Waals surface area contributed by atoms with E-state index in [9.17, 15) is 4.79 Å². The molecule has 1 unspecified atom stereocenters. The van der Waals surface area contributed by atoms with Gasteiger partial charge in [-0.2, -0.15) is 0 Å². The van der Waals surface area contributed by atoms with Gasteiger partial charge < -0.3 is 5.73 Å². The molecular weight excluding hydrogens is 380 g/mol. The number of hydrogen-bond acceptors (Lipinski definition) is 4. The largest absolute Gasteiger partial charge is 0.369 e. The summed E-state index contributed by atoms with van der Waals surface area (Å²) in [6, 6.07) is 15.6. The number of nitrogens with two attached hydrogens (primary N) is 1. The molecule has 1 aromatic heterocycles. The molecule has 27 heavy (non-hydrogen) atoms. The van der Waals surface area contributed by atoms with Gasteiger partial charge in [-0.15, -0.1) is 10.2 Å². The maximum atomic E-state index is 11.6. The van der Waals surface area contributed by atoms with Crippen molar-refractivity contribution < 1.29 is 4.79 Å². The summed E-state index contributed by atoms with van der Waals surface area (Å²) in [6.07, 6.45) is 0. The number of carbonyl (C=O) groups excluding carboxylic acids is 1. The van der Waals surface area contributed by atoms with Crippen LogP contribution in [0, 0.1) is 0 Å². The monoisotopic (exact) mass is 400 g/mol. The number of carbonyl (C=O) groups is 1. The first-order chi connectivity index (χ1) is 12.9. The van der Waals surface area contributed by atoms with Crippen molar-refractivity contribution in [2.75, 3.05) is 0 Å². The number of amides is 1. The number of nitrogens with zero attached hydrogens (tertiary/aromatic N) is 3. The third-order valence-electron chi connectivity index (χ3n) is 4.22. The zero-order valence-electron chi connectivity index (χ0n) is 15.4. The summed E-state index contributed by atoms with van der Waals surface area (Å²) in [6.45, 7) is 6.05. The summed E-state index contributed by atoms with van der Waals surface area (Å²) in [5.74, 6) is 0.617. The van der Waals surface area contributed by atoms with E-state index in [0.717, 1.165) is 11.3 Å². The lowest BCUT2D eigenvalue weighted by Crippen LogP contribution is -2.23. The van der Waals surface area contributed by atoms with E-state index in [1.807, 2.05) is 47.0 Å². The Bertz CT molecular complexity index is 953. The molecule has 3 aromatic rings. The van der Waals surface area contributed by atoms with Gasteiger partial charge in [0.2, 0.25) is 5.91 Å². The molecule has 0 fully saturated rings. The minimum absolute atomic E-state index is 0.313. The van der Waals surface area contributed by atoms with Crippen LogP contribution in [0.3, 0.4) is 0 Å². The number of para-hydroxylation sites is 1. The van der Waals surface area contributed by atoms with Crippen molar-refractivity contribution in [3.63, 3.8) is 0 Å². The minimum Gasteiger partial charge on any atom is -0.369 e. The highest BCUT2D eigenvalue weighted by atomic mass is 35.5. The molecule has 0 radical (unpaired) electrons. The van der Waals surface area contributed by atoms with Crippen molar-refractivity contribution in [2.45, 2.75) is 37.1 Å². The normalized spacial score (nSPS) is 12.3. The number of aromatic nitrogens is 3. The van der Waals surface area contributed by atoms with Gasteiger partial charge in [-0.1, -0.05) is 55.4 Å². The molecule has 3 rings (SSSR count). The fourth-order valence-corrected chi connectivity index (χ4v) is 3.68. The first-order valence-electron chi connectivity index (χ1n) is 8.65.